The lowest BCUT2D eigenvalue weighted by molar-refractivity contribution is -0.118. The van der Waals surface area contributed by atoms with Gasteiger partial charge in [-0.05, 0) is 91.3 Å². The van der Waals surface area contributed by atoms with Crippen LogP contribution in [0.15, 0.2) is 47.1 Å². The van der Waals surface area contributed by atoms with Crippen LogP contribution in [0.1, 0.15) is 71.6 Å². The molecular formula is C27H37FO3. The van der Waals surface area contributed by atoms with Gasteiger partial charge >= 0.3 is 0 Å². The SMILES string of the molecule is C=C1/C(=C\C=C2/CCC[C@@]3(C)C2CC[C@@H]3[C@H](C)/C=C2\CCC(F)C2=O)C[C@@H](O)C[C@@H]1O. The second-order valence-electron chi connectivity index (χ2n) is 10.6. The summed E-state index contributed by atoms with van der Waals surface area (Å²) in [6, 6.07) is 0. The first-order valence-electron chi connectivity index (χ1n) is 12.0. The van der Waals surface area contributed by atoms with Crippen molar-refractivity contribution in [2.75, 3.05) is 0 Å². The van der Waals surface area contributed by atoms with Crippen LogP contribution in [-0.2, 0) is 4.79 Å². The van der Waals surface area contributed by atoms with E-state index in [0.717, 1.165) is 36.8 Å². The molecule has 4 fully saturated rings. The second-order valence-corrected chi connectivity index (χ2v) is 10.6. The van der Waals surface area contributed by atoms with E-state index in [1.54, 1.807) is 0 Å². The fourth-order valence-corrected chi connectivity index (χ4v) is 6.94. The van der Waals surface area contributed by atoms with E-state index in [1.807, 2.05) is 0 Å². The highest BCUT2D eigenvalue weighted by Crippen LogP contribution is 2.59. The topological polar surface area (TPSA) is 57.5 Å². The molecule has 170 valence electrons. The van der Waals surface area contributed by atoms with Gasteiger partial charge in [-0.15, -0.1) is 0 Å². The van der Waals surface area contributed by atoms with Crippen molar-refractivity contribution in [1.82, 2.24) is 0 Å². The Labute approximate surface area is 185 Å². The predicted molar refractivity (Wildman–Crippen MR) is 121 cm³/mol. The van der Waals surface area contributed by atoms with E-state index >= 15 is 0 Å². The Morgan fingerprint density at radius 2 is 1.94 bits per heavy atom. The number of aliphatic hydroxyl groups is 2. The number of carbonyl (C=O) groups excluding carboxylic acids is 1. The van der Waals surface area contributed by atoms with Crippen LogP contribution in [0.25, 0.3) is 0 Å². The van der Waals surface area contributed by atoms with Crippen molar-refractivity contribution in [3.8, 4) is 0 Å². The molecule has 0 heterocycles. The summed E-state index contributed by atoms with van der Waals surface area (Å²) < 4.78 is 13.7. The van der Waals surface area contributed by atoms with Gasteiger partial charge in [0, 0.05) is 6.42 Å². The number of fused-ring (bicyclic) bond motifs is 1. The zero-order chi connectivity index (χ0) is 22.3. The Bertz CT molecular complexity index is 837. The fraction of sp³-hybridized carbons (Fsp3) is 0.667. The number of carbonyl (C=O) groups is 1. The van der Waals surface area contributed by atoms with E-state index in [2.05, 4.69) is 38.7 Å². The van der Waals surface area contributed by atoms with Crippen molar-refractivity contribution in [2.24, 2.45) is 23.2 Å². The smallest absolute Gasteiger partial charge is 0.192 e. The number of ketones is 1. The van der Waals surface area contributed by atoms with Gasteiger partial charge in [0.1, 0.15) is 0 Å². The van der Waals surface area contributed by atoms with Gasteiger partial charge in [-0.1, -0.05) is 44.2 Å². The van der Waals surface area contributed by atoms with Gasteiger partial charge in [0.25, 0.3) is 0 Å². The molecule has 4 aliphatic rings. The minimum atomic E-state index is -1.30. The molecule has 2 unspecified atom stereocenters. The highest BCUT2D eigenvalue weighted by molar-refractivity contribution is 6.00. The Balaban J connectivity index is 1.53. The lowest BCUT2D eigenvalue weighted by atomic mass is 9.61. The Kier molecular flexibility index (Phi) is 6.42. The molecule has 4 rings (SSSR count). The van der Waals surface area contributed by atoms with E-state index in [0.29, 0.717) is 43.1 Å². The van der Waals surface area contributed by atoms with Crippen molar-refractivity contribution >= 4 is 5.78 Å². The van der Waals surface area contributed by atoms with Crippen LogP contribution in [0.2, 0.25) is 0 Å². The van der Waals surface area contributed by atoms with Crippen molar-refractivity contribution in [1.29, 1.82) is 0 Å². The number of halogens is 1. The number of rotatable bonds is 3. The first kappa shape index (κ1) is 22.7. The van der Waals surface area contributed by atoms with Crippen LogP contribution in [-0.4, -0.2) is 34.4 Å². The van der Waals surface area contributed by atoms with Crippen LogP contribution in [0.3, 0.4) is 0 Å². The number of Topliss-reactive ketones (excluding diaryl/α,β-unsaturated/α-hetero) is 1. The van der Waals surface area contributed by atoms with Crippen molar-refractivity contribution in [3.05, 3.63) is 47.1 Å². The summed E-state index contributed by atoms with van der Waals surface area (Å²) in [6.07, 6.45) is 11.5. The molecule has 4 aliphatic carbocycles. The zero-order valence-corrected chi connectivity index (χ0v) is 18.9. The maximum Gasteiger partial charge on any atom is 0.192 e. The van der Waals surface area contributed by atoms with Crippen molar-refractivity contribution < 1.29 is 19.4 Å². The normalized spacial score (nSPS) is 43.8. The molecular weight excluding hydrogens is 391 g/mol. The number of alkyl halides is 1. The molecule has 0 aliphatic heterocycles. The third kappa shape index (κ3) is 4.26. The molecule has 0 radical (unpaired) electrons. The molecule has 3 nitrogen and oxygen atoms in total. The first-order chi connectivity index (χ1) is 14.7. The summed E-state index contributed by atoms with van der Waals surface area (Å²) in [6.45, 7) is 8.65. The summed E-state index contributed by atoms with van der Waals surface area (Å²) >= 11 is 0. The zero-order valence-electron chi connectivity index (χ0n) is 18.9. The molecule has 0 saturated heterocycles. The summed E-state index contributed by atoms with van der Waals surface area (Å²) in [5.41, 5.74) is 4.05. The largest absolute Gasteiger partial charge is 0.393 e. The second kappa shape index (κ2) is 8.78. The standard InChI is InChI=1S/C27H37FO3/c1-16(13-20-8-11-24(28)26(20)31)22-9-10-23-18(5-4-12-27(22,23)3)6-7-19-14-21(29)15-25(30)17(19)2/h6-7,13,16,21-25,29-30H,2,4-5,8-12,14-15H2,1,3H3/b18-6+,19-7-,20-13+/t16-,21-,22-,23?,24?,25+,27-/m1/s1. The molecule has 0 bridgehead atoms. The Morgan fingerprint density at radius 1 is 1.16 bits per heavy atom. The maximum atomic E-state index is 13.7. The van der Waals surface area contributed by atoms with Crippen LogP contribution >= 0.6 is 0 Å². The molecule has 0 aromatic rings. The third-order valence-electron chi connectivity index (χ3n) is 8.67. The fourth-order valence-electron chi connectivity index (χ4n) is 6.94. The average Bonchev–Trinajstić information content (AvgIpc) is 3.23. The molecule has 7 atom stereocenters. The molecule has 2 N–H and O–H groups in total. The van der Waals surface area contributed by atoms with Gasteiger partial charge in [-0.2, -0.15) is 0 Å². The van der Waals surface area contributed by atoms with E-state index in [4.69, 9.17) is 0 Å². The van der Waals surface area contributed by atoms with Gasteiger partial charge in [0.2, 0.25) is 0 Å². The maximum absolute atomic E-state index is 13.7. The van der Waals surface area contributed by atoms with E-state index < -0.39 is 18.4 Å². The first-order valence-corrected chi connectivity index (χ1v) is 12.0. The number of hydrogen-bond donors (Lipinski definition) is 2. The van der Waals surface area contributed by atoms with Gasteiger partial charge in [-0.3, -0.25) is 4.79 Å². The van der Waals surface area contributed by atoms with Gasteiger partial charge in [0.15, 0.2) is 12.0 Å². The Morgan fingerprint density at radius 3 is 2.65 bits per heavy atom. The summed E-state index contributed by atoms with van der Waals surface area (Å²) in [5, 5.41) is 20.1. The summed E-state index contributed by atoms with van der Waals surface area (Å²) in [4.78, 5) is 12.1. The molecule has 0 amide bonds. The van der Waals surface area contributed by atoms with Gasteiger partial charge in [0.05, 0.1) is 12.2 Å². The summed E-state index contributed by atoms with van der Waals surface area (Å²) in [5.74, 6) is 1.00. The highest BCUT2D eigenvalue weighted by atomic mass is 19.1. The van der Waals surface area contributed by atoms with Gasteiger partial charge in [-0.25, -0.2) is 4.39 Å². The van der Waals surface area contributed by atoms with E-state index in [-0.39, 0.29) is 17.1 Å². The summed E-state index contributed by atoms with van der Waals surface area (Å²) in [7, 11) is 0. The minimum absolute atomic E-state index is 0.193. The molecule has 4 heteroatoms. The van der Waals surface area contributed by atoms with Crippen LogP contribution in [0.5, 0.6) is 0 Å². The molecule has 0 aromatic carbocycles. The van der Waals surface area contributed by atoms with E-state index in [9.17, 15) is 19.4 Å². The molecule has 4 saturated carbocycles. The minimum Gasteiger partial charge on any atom is -0.393 e. The number of allylic oxidation sites excluding steroid dienone is 5. The van der Waals surface area contributed by atoms with Crippen molar-refractivity contribution in [2.45, 2.75) is 90.0 Å². The van der Waals surface area contributed by atoms with Crippen LogP contribution in [0.4, 0.5) is 4.39 Å². The number of aliphatic hydroxyl groups excluding tert-OH is 2. The lowest BCUT2D eigenvalue weighted by Crippen LogP contribution is -2.35. The highest BCUT2D eigenvalue weighted by Gasteiger charge is 2.50. The molecule has 0 aromatic heterocycles. The predicted octanol–water partition coefficient (Wildman–Crippen LogP) is 5.39. The molecule has 0 spiro atoms. The number of hydrogen-bond acceptors (Lipinski definition) is 3. The quantitative estimate of drug-likeness (QED) is 0.593. The monoisotopic (exact) mass is 428 g/mol. The van der Waals surface area contributed by atoms with Crippen molar-refractivity contribution in [3.63, 3.8) is 0 Å². The third-order valence-corrected chi connectivity index (χ3v) is 8.67. The lowest BCUT2D eigenvalue weighted by Gasteiger charge is -2.44. The van der Waals surface area contributed by atoms with Gasteiger partial charge < -0.3 is 10.2 Å². The van der Waals surface area contributed by atoms with E-state index in [1.165, 1.54) is 12.0 Å². The Hall–Kier alpha value is -1.52. The molecule has 31 heavy (non-hydrogen) atoms. The van der Waals surface area contributed by atoms with Crippen LogP contribution in [0, 0.1) is 23.2 Å². The average molecular weight is 429 g/mol. The van der Waals surface area contributed by atoms with Crippen LogP contribution < -0.4 is 0 Å².